The molecule has 0 aliphatic carbocycles. The summed E-state index contributed by atoms with van der Waals surface area (Å²) in [5.74, 6) is -0.951. The average Bonchev–Trinajstić information content (AvgIpc) is 2.67. The summed E-state index contributed by atoms with van der Waals surface area (Å²) in [4.78, 5) is 21.1. The number of rotatable bonds is 4. The largest absolute Gasteiger partial charge is 0.478 e. The van der Waals surface area contributed by atoms with Gasteiger partial charge in [-0.1, -0.05) is 0 Å². The van der Waals surface area contributed by atoms with Crippen LogP contribution < -0.4 is 4.74 Å². The number of ether oxygens (including phenoxy) is 1. The Morgan fingerprint density at radius 3 is 2.65 bits per heavy atom. The highest BCUT2D eigenvalue weighted by atomic mass is 16.6. The highest BCUT2D eigenvalue weighted by molar-refractivity contribution is 5.88. The maximum Gasteiger partial charge on any atom is 0.335 e. The Morgan fingerprint density at radius 2 is 2.15 bits per heavy atom. The Morgan fingerprint density at radius 1 is 1.45 bits per heavy atom. The van der Waals surface area contributed by atoms with E-state index in [0.29, 0.717) is 11.6 Å². The van der Waals surface area contributed by atoms with Crippen molar-refractivity contribution in [2.45, 2.75) is 6.92 Å². The number of hydrogen-bond donors (Lipinski definition) is 1. The van der Waals surface area contributed by atoms with Gasteiger partial charge >= 0.3 is 11.7 Å². The molecule has 0 saturated carbocycles. The molecule has 1 aromatic carbocycles. The molecule has 0 fully saturated rings. The van der Waals surface area contributed by atoms with Crippen LogP contribution in [-0.4, -0.2) is 25.8 Å². The average molecular weight is 277 g/mol. The fourth-order valence-electron chi connectivity index (χ4n) is 1.67. The number of benzene rings is 1. The van der Waals surface area contributed by atoms with E-state index in [9.17, 15) is 14.9 Å². The van der Waals surface area contributed by atoms with Gasteiger partial charge in [-0.25, -0.2) is 9.48 Å². The predicted octanol–water partition coefficient (Wildman–Crippen LogP) is 2.13. The molecule has 0 bridgehead atoms. The Bertz CT molecular complexity index is 692. The lowest BCUT2D eigenvalue weighted by Crippen LogP contribution is -2.01. The Labute approximate surface area is 113 Å². The zero-order valence-electron chi connectivity index (χ0n) is 10.7. The fourth-order valence-corrected chi connectivity index (χ4v) is 1.67. The maximum atomic E-state index is 11.0. The van der Waals surface area contributed by atoms with Crippen LogP contribution in [0.4, 0.5) is 5.69 Å². The third-order valence-electron chi connectivity index (χ3n) is 2.58. The van der Waals surface area contributed by atoms with Crippen molar-refractivity contribution in [3.05, 3.63) is 45.6 Å². The summed E-state index contributed by atoms with van der Waals surface area (Å²) >= 11 is 0. The molecule has 0 saturated heterocycles. The van der Waals surface area contributed by atoms with E-state index in [1.165, 1.54) is 16.8 Å². The number of aromatic nitrogens is 2. The Kier molecular flexibility index (Phi) is 3.38. The van der Waals surface area contributed by atoms with Gasteiger partial charge in [0.15, 0.2) is 0 Å². The van der Waals surface area contributed by atoms with Gasteiger partial charge in [-0.2, -0.15) is 5.10 Å². The summed E-state index contributed by atoms with van der Waals surface area (Å²) in [6.45, 7) is 1.76. The molecule has 8 nitrogen and oxygen atoms in total. The second-order valence-electron chi connectivity index (χ2n) is 4.09. The molecule has 0 unspecified atom stereocenters. The third-order valence-corrected chi connectivity index (χ3v) is 2.58. The summed E-state index contributed by atoms with van der Waals surface area (Å²) in [6, 6.07) is 5.08. The van der Waals surface area contributed by atoms with E-state index in [1.54, 1.807) is 20.0 Å². The van der Waals surface area contributed by atoms with Gasteiger partial charge in [0.2, 0.25) is 11.6 Å². The van der Waals surface area contributed by atoms with E-state index in [1.807, 2.05) is 0 Å². The second kappa shape index (κ2) is 5.00. The van der Waals surface area contributed by atoms with Crippen LogP contribution >= 0.6 is 0 Å². The topological polar surface area (TPSA) is 107 Å². The first kappa shape index (κ1) is 13.5. The number of carboxylic acid groups (broad SMARTS) is 1. The fraction of sp³-hybridized carbons (Fsp3) is 0.167. The van der Waals surface area contributed by atoms with Gasteiger partial charge in [0.1, 0.15) is 0 Å². The molecule has 8 heteroatoms. The van der Waals surface area contributed by atoms with Gasteiger partial charge in [0, 0.05) is 19.2 Å². The van der Waals surface area contributed by atoms with Gasteiger partial charge in [-0.05, 0) is 19.1 Å². The lowest BCUT2D eigenvalue weighted by Gasteiger charge is -2.06. The molecule has 104 valence electrons. The van der Waals surface area contributed by atoms with Crippen molar-refractivity contribution in [3.8, 4) is 11.6 Å². The minimum Gasteiger partial charge on any atom is -0.478 e. The normalized spacial score (nSPS) is 10.3. The molecule has 2 rings (SSSR count). The van der Waals surface area contributed by atoms with Crippen LogP contribution in [0.2, 0.25) is 0 Å². The van der Waals surface area contributed by atoms with Crippen LogP contribution in [0.25, 0.3) is 0 Å². The van der Waals surface area contributed by atoms with Crippen molar-refractivity contribution in [2.75, 3.05) is 0 Å². The molecule has 1 heterocycles. The van der Waals surface area contributed by atoms with Crippen molar-refractivity contribution in [3.63, 3.8) is 0 Å². The number of nitro benzene ring substituents is 1. The predicted molar refractivity (Wildman–Crippen MR) is 68.1 cm³/mol. The number of aromatic carboxylic acids is 1. The standard InChI is InChI=1S/C12H11N3O5/c1-7-5-11(14(2)13-7)20-10-4-3-8(12(16)17)6-9(10)15(18)19/h3-6H,1-2H3,(H,16,17). The van der Waals surface area contributed by atoms with Gasteiger partial charge in [0.05, 0.1) is 16.2 Å². The Balaban J connectivity index is 2.43. The van der Waals surface area contributed by atoms with Crippen molar-refractivity contribution in [2.24, 2.45) is 7.05 Å². The first-order chi connectivity index (χ1) is 9.38. The lowest BCUT2D eigenvalue weighted by atomic mass is 10.2. The van der Waals surface area contributed by atoms with Crippen molar-refractivity contribution >= 4 is 11.7 Å². The van der Waals surface area contributed by atoms with Gasteiger partial charge in [-0.3, -0.25) is 10.1 Å². The number of carboxylic acids is 1. The van der Waals surface area contributed by atoms with E-state index in [2.05, 4.69) is 5.10 Å². The molecule has 2 aromatic rings. The zero-order valence-corrected chi connectivity index (χ0v) is 10.7. The summed E-state index contributed by atoms with van der Waals surface area (Å²) in [5.41, 5.74) is 0.112. The number of nitrogens with zero attached hydrogens (tertiary/aromatic N) is 3. The van der Waals surface area contributed by atoms with Gasteiger partial charge in [0.25, 0.3) is 0 Å². The zero-order chi connectivity index (χ0) is 14.9. The summed E-state index contributed by atoms with van der Waals surface area (Å²) in [7, 11) is 1.64. The molecule has 0 amide bonds. The number of aryl methyl sites for hydroxylation is 2. The van der Waals surface area contributed by atoms with Crippen LogP contribution in [-0.2, 0) is 7.05 Å². The van der Waals surface area contributed by atoms with Crippen molar-refractivity contribution in [1.82, 2.24) is 9.78 Å². The first-order valence-corrected chi connectivity index (χ1v) is 5.58. The van der Waals surface area contributed by atoms with E-state index >= 15 is 0 Å². The molecular formula is C12H11N3O5. The molecule has 0 spiro atoms. The third kappa shape index (κ3) is 2.58. The molecular weight excluding hydrogens is 266 g/mol. The monoisotopic (exact) mass is 277 g/mol. The quantitative estimate of drug-likeness (QED) is 0.677. The molecule has 1 N–H and O–H groups in total. The van der Waals surface area contributed by atoms with Crippen molar-refractivity contribution < 1.29 is 19.6 Å². The maximum absolute atomic E-state index is 11.0. The van der Waals surface area contributed by atoms with Crippen LogP contribution in [0.15, 0.2) is 24.3 Å². The highest BCUT2D eigenvalue weighted by Crippen LogP contribution is 2.32. The molecule has 0 atom stereocenters. The van der Waals surface area contributed by atoms with E-state index in [0.717, 1.165) is 6.07 Å². The summed E-state index contributed by atoms with van der Waals surface area (Å²) in [6.07, 6.45) is 0. The van der Waals surface area contributed by atoms with E-state index < -0.39 is 16.6 Å². The Hall–Kier alpha value is -2.90. The van der Waals surface area contributed by atoms with Crippen LogP contribution in [0, 0.1) is 17.0 Å². The van der Waals surface area contributed by atoms with E-state index in [4.69, 9.17) is 9.84 Å². The molecule has 0 radical (unpaired) electrons. The van der Waals surface area contributed by atoms with Crippen molar-refractivity contribution in [1.29, 1.82) is 0 Å². The second-order valence-corrected chi connectivity index (χ2v) is 4.09. The first-order valence-electron chi connectivity index (χ1n) is 5.58. The van der Waals surface area contributed by atoms with Crippen LogP contribution in [0.3, 0.4) is 0 Å². The number of carbonyl (C=O) groups is 1. The molecule has 20 heavy (non-hydrogen) atoms. The minimum absolute atomic E-state index is 0.0389. The lowest BCUT2D eigenvalue weighted by molar-refractivity contribution is -0.385. The molecule has 0 aliphatic rings. The van der Waals surface area contributed by atoms with E-state index in [-0.39, 0.29) is 11.3 Å². The smallest absolute Gasteiger partial charge is 0.335 e. The SMILES string of the molecule is Cc1cc(Oc2ccc(C(=O)O)cc2[N+](=O)[O-])n(C)n1. The minimum atomic E-state index is -1.24. The molecule has 0 aliphatic heterocycles. The number of hydrogen-bond acceptors (Lipinski definition) is 5. The van der Waals surface area contributed by atoms with Crippen LogP contribution in [0.5, 0.6) is 11.6 Å². The summed E-state index contributed by atoms with van der Waals surface area (Å²) in [5, 5.41) is 23.9. The summed E-state index contributed by atoms with van der Waals surface area (Å²) < 4.78 is 6.86. The van der Waals surface area contributed by atoms with Gasteiger partial charge in [-0.15, -0.1) is 0 Å². The number of nitro groups is 1. The highest BCUT2D eigenvalue weighted by Gasteiger charge is 2.20. The molecule has 1 aromatic heterocycles. The van der Waals surface area contributed by atoms with Crippen LogP contribution in [0.1, 0.15) is 16.1 Å². The van der Waals surface area contributed by atoms with Gasteiger partial charge < -0.3 is 9.84 Å².